The molecule has 0 heterocycles. The van der Waals surface area contributed by atoms with Crippen molar-refractivity contribution < 1.29 is 0 Å². The van der Waals surface area contributed by atoms with E-state index >= 15 is 0 Å². The van der Waals surface area contributed by atoms with E-state index in [1.165, 1.54) is 117 Å². The molecule has 10 aromatic rings. The van der Waals surface area contributed by atoms with Crippen LogP contribution in [0.25, 0.3) is 55.6 Å². The lowest BCUT2D eigenvalue weighted by molar-refractivity contribution is 0.639. The van der Waals surface area contributed by atoms with E-state index in [9.17, 15) is 0 Å². The summed E-state index contributed by atoms with van der Waals surface area (Å²) in [6, 6.07) is 85.5. The number of hydrogen-bond acceptors (Lipinski definition) is 1. The normalized spacial score (nSPS) is 15.9. The number of benzene rings is 10. The zero-order valence-corrected chi connectivity index (χ0v) is 41.3. The lowest BCUT2D eigenvalue weighted by atomic mass is 9.67. The summed E-state index contributed by atoms with van der Waals surface area (Å²) in [5.41, 5.74) is 28.6. The monoisotopic (exact) mass is 909 g/mol. The number of rotatable bonds is 6. The summed E-state index contributed by atoms with van der Waals surface area (Å²) in [6.07, 6.45) is 0. The first-order chi connectivity index (χ1) is 34.5. The fraction of sp³-hybridized carbons (Fsp3) is 0.143. The van der Waals surface area contributed by atoms with Crippen LogP contribution in [0.15, 0.2) is 224 Å². The molecular weight excluding hydrogens is 855 g/mol. The first-order valence-electron chi connectivity index (χ1n) is 25.4. The second-order valence-corrected chi connectivity index (χ2v) is 22.0. The highest BCUT2D eigenvalue weighted by Crippen LogP contribution is 2.65. The van der Waals surface area contributed by atoms with Gasteiger partial charge in [-0.2, -0.15) is 0 Å². The van der Waals surface area contributed by atoms with Gasteiger partial charge in [0.15, 0.2) is 0 Å². The summed E-state index contributed by atoms with van der Waals surface area (Å²) in [5.74, 6) is 0. The highest BCUT2D eigenvalue weighted by atomic mass is 15.2. The Morgan fingerprint density at radius 3 is 1.30 bits per heavy atom. The van der Waals surface area contributed by atoms with Gasteiger partial charge in [-0.05, 0) is 130 Å². The van der Waals surface area contributed by atoms with Gasteiger partial charge in [0.1, 0.15) is 0 Å². The average molecular weight is 910 g/mol. The number of anilines is 3. The van der Waals surface area contributed by atoms with Crippen molar-refractivity contribution in [2.45, 2.75) is 63.2 Å². The van der Waals surface area contributed by atoms with Gasteiger partial charge in [-0.15, -0.1) is 0 Å². The molecule has 0 aliphatic heterocycles. The average Bonchev–Trinajstić information content (AvgIpc) is 4.01. The fourth-order valence-electron chi connectivity index (χ4n) is 13.9. The van der Waals surface area contributed by atoms with E-state index in [4.69, 9.17) is 0 Å². The quantitative estimate of drug-likeness (QED) is 0.161. The lowest BCUT2D eigenvalue weighted by Gasteiger charge is -2.36. The standard InChI is InChI=1S/C70H55N/c1-67(2)56-31-19-16-28-50(56)52-37-35-48(41-60(52)67)71(49-36-38-53-51-29-17-21-33-59(51)70(61(53)42-49,46-24-12-8-13-25-46)47-26-14-9-15-27-47)66-64-54-30-18-20-32-57(54)68(3,4)62(64)43-63-65(66)55-40-45(44-22-10-7-11-23-44)34-39-58(55)69(63,5)6/h7-43H,1-6H3. The Kier molecular flexibility index (Phi) is 8.72. The molecule has 0 radical (unpaired) electrons. The zero-order valence-electron chi connectivity index (χ0n) is 41.3. The van der Waals surface area contributed by atoms with Crippen LogP contribution in [0.4, 0.5) is 17.1 Å². The second-order valence-electron chi connectivity index (χ2n) is 22.0. The van der Waals surface area contributed by atoms with Crippen molar-refractivity contribution in [3.8, 4) is 55.6 Å². The van der Waals surface area contributed by atoms with Crippen molar-refractivity contribution in [1.29, 1.82) is 0 Å². The lowest BCUT2D eigenvalue weighted by Crippen LogP contribution is -2.28. The summed E-state index contributed by atoms with van der Waals surface area (Å²) >= 11 is 0. The Labute approximate surface area is 418 Å². The molecule has 0 aromatic heterocycles. The SMILES string of the molecule is CC1(C)c2ccccc2-c2ccc(N(c3ccc4c(c3)C(c3ccccc3)(c3ccccc3)c3ccccc3-4)c3c4c(cc5c3-c3cc(-c6ccccc6)ccc3C5(C)C)C(C)(C)c3ccccc3-4)cc21. The van der Waals surface area contributed by atoms with E-state index in [0.717, 1.165) is 11.4 Å². The first kappa shape index (κ1) is 41.9. The van der Waals surface area contributed by atoms with Crippen molar-refractivity contribution in [2.75, 3.05) is 4.90 Å². The van der Waals surface area contributed by atoms with Crippen LogP contribution in [0.1, 0.15) is 97.2 Å². The molecular formula is C70H55N. The van der Waals surface area contributed by atoms with Crippen LogP contribution < -0.4 is 4.90 Å². The van der Waals surface area contributed by atoms with E-state index in [-0.39, 0.29) is 16.2 Å². The Balaban J connectivity index is 1.14. The predicted molar refractivity (Wildman–Crippen MR) is 297 cm³/mol. The molecule has 10 aromatic carbocycles. The van der Waals surface area contributed by atoms with Crippen molar-refractivity contribution in [1.82, 2.24) is 0 Å². The van der Waals surface area contributed by atoms with Crippen LogP contribution in [0.3, 0.4) is 0 Å². The Morgan fingerprint density at radius 2 is 0.690 bits per heavy atom. The molecule has 0 bridgehead atoms. The molecule has 0 saturated heterocycles. The van der Waals surface area contributed by atoms with Crippen LogP contribution in [0.5, 0.6) is 0 Å². The summed E-state index contributed by atoms with van der Waals surface area (Å²) in [4.78, 5) is 2.69. The molecule has 14 rings (SSSR count). The predicted octanol–water partition coefficient (Wildman–Crippen LogP) is 18.1. The van der Waals surface area contributed by atoms with Crippen molar-refractivity contribution in [3.05, 3.63) is 280 Å². The van der Waals surface area contributed by atoms with Crippen LogP contribution in [-0.4, -0.2) is 0 Å². The molecule has 0 saturated carbocycles. The number of nitrogens with zero attached hydrogens (tertiary/aromatic N) is 1. The van der Waals surface area contributed by atoms with Crippen molar-refractivity contribution in [2.24, 2.45) is 0 Å². The number of fused-ring (bicyclic) bond motifs is 12. The summed E-state index contributed by atoms with van der Waals surface area (Å²) in [6.45, 7) is 14.6. The first-order valence-corrected chi connectivity index (χ1v) is 25.4. The smallest absolute Gasteiger partial charge is 0.0714 e. The van der Waals surface area contributed by atoms with Gasteiger partial charge >= 0.3 is 0 Å². The highest BCUT2D eigenvalue weighted by molar-refractivity contribution is 6.07. The van der Waals surface area contributed by atoms with E-state index in [1.807, 2.05) is 0 Å². The Bertz CT molecular complexity index is 3790. The van der Waals surface area contributed by atoms with Crippen molar-refractivity contribution >= 4 is 17.1 Å². The van der Waals surface area contributed by atoms with E-state index in [2.05, 4.69) is 271 Å². The third-order valence-corrected chi connectivity index (χ3v) is 17.3. The van der Waals surface area contributed by atoms with Crippen LogP contribution in [-0.2, 0) is 21.7 Å². The maximum atomic E-state index is 2.69. The molecule has 1 heteroatoms. The van der Waals surface area contributed by atoms with Gasteiger partial charge in [0.2, 0.25) is 0 Å². The van der Waals surface area contributed by atoms with Gasteiger partial charge in [-0.3, -0.25) is 0 Å². The third-order valence-electron chi connectivity index (χ3n) is 17.3. The molecule has 0 fully saturated rings. The van der Waals surface area contributed by atoms with Crippen LogP contribution in [0, 0.1) is 0 Å². The van der Waals surface area contributed by atoms with Gasteiger partial charge in [0.25, 0.3) is 0 Å². The molecule has 0 N–H and O–H groups in total. The van der Waals surface area contributed by atoms with Gasteiger partial charge in [-0.1, -0.05) is 236 Å². The third kappa shape index (κ3) is 5.58. The highest BCUT2D eigenvalue weighted by Gasteiger charge is 2.49. The molecule has 4 aliphatic rings. The van der Waals surface area contributed by atoms with E-state index < -0.39 is 5.41 Å². The summed E-state index contributed by atoms with van der Waals surface area (Å²) < 4.78 is 0. The van der Waals surface area contributed by atoms with Crippen LogP contribution >= 0.6 is 0 Å². The van der Waals surface area contributed by atoms with Gasteiger partial charge in [-0.25, -0.2) is 0 Å². The minimum Gasteiger partial charge on any atom is -0.309 e. The maximum Gasteiger partial charge on any atom is 0.0714 e. The molecule has 0 spiro atoms. The van der Waals surface area contributed by atoms with Gasteiger partial charge in [0, 0.05) is 38.7 Å². The number of hydrogen-bond donors (Lipinski definition) is 0. The van der Waals surface area contributed by atoms with Crippen LogP contribution in [0.2, 0.25) is 0 Å². The van der Waals surface area contributed by atoms with Gasteiger partial charge in [0.05, 0.1) is 11.1 Å². The topological polar surface area (TPSA) is 3.24 Å². The zero-order chi connectivity index (χ0) is 48.0. The minimum atomic E-state index is -0.563. The molecule has 0 amide bonds. The van der Waals surface area contributed by atoms with E-state index in [1.54, 1.807) is 0 Å². The molecule has 1 nitrogen and oxygen atoms in total. The Morgan fingerprint density at radius 1 is 0.268 bits per heavy atom. The Hall–Kier alpha value is -8.00. The second kappa shape index (κ2) is 14.8. The largest absolute Gasteiger partial charge is 0.309 e. The molecule has 0 unspecified atom stereocenters. The van der Waals surface area contributed by atoms with Crippen molar-refractivity contribution in [3.63, 3.8) is 0 Å². The minimum absolute atomic E-state index is 0.197. The maximum absolute atomic E-state index is 2.69. The summed E-state index contributed by atoms with van der Waals surface area (Å²) in [7, 11) is 0. The fourth-order valence-corrected chi connectivity index (χ4v) is 13.9. The van der Waals surface area contributed by atoms with E-state index in [0.29, 0.717) is 0 Å². The summed E-state index contributed by atoms with van der Waals surface area (Å²) in [5, 5.41) is 0. The molecule has 0 atom stereocenters. The van der Waals surface area contributed by atoms with Gasteiger partial charge < -0.3 is 4.90 Å². The molecule has 71 heavy (non-hydrogen) atoms. The molecule has 4 aliphatic carbocycles. The molecule has 340 valence electrons.